The molecule has 0 unspecified atom stereocenters. The zero-order chi connectivity index (χ0) is 32.8. The average molecular weight is 629 g/mol. The molecule has 11 nitrogen and oxygen atoms in total. The molecule has 2 rings (SSSR count). The van der Waals surface area contributed by atoms with Gasteiger partial charge < -0.3 is 26.4 Å². The van der Waals surface area contributed by atoms with E-state index >= 15 is 0 Å². The van der Waals surface area contributed by atoms with Crippen LogP contribution < -0.4 is 21.3 Å². The Balaban J connectivity index is 2.03. The number of aliphatic carboxylic acids is 1. The largest absolute Gasteiger partial charge is 0.481 e. The number of hydrogen-bond donors (Lipinski definition) is 5. The van der Waals surface area contributed by atoms with Crippen molar-refractivity contribution < 1.29 is 33.9 Å². The Labute approximate surface area is 262 Å². The van der Waals surface area contributed by atoms with Crippen LogP contribution in [0.25, 0.3) is 10.8 Å². The molecular weight excluding hydrogens is 584 g/mol. The van der Waals surface area contributed by atoms with Gasteiger partial charge >= 0.3 is 5.97 Å². The molecule has 240 valence electrons. The van der Waals surface area contributed by atoms with E-state index in [-0.39, 0.29) is 12.3 Å². The molecule has 0 aliphatic rings. The Morgan fingerprint density at radius 1 is 0.818 bits per heavy atom. The van der Waals surface area contributed by atoms with Crippen LogP contribution in [0.4, 0.5) is 0 Å². The summed E-state index contributed by atoms with van der Waals surface area (Å²) in [6, 6.07) is 9.67. The molecule has 0 spiro atoms. The second kappa shape index (κ2) is 18.0. The van der Waals surface area contributed by atoms with E-state index in [4.69, 9.17) is 0 Å². The van der Waals surface area contributed by atoms with Crippen LogP contribution in [0.5, 0.6) is 0 Å². The van der Waals surface area contributed by atoms with E-state index in [1.807, 2.05) is 48.7 Å². The van der Waals surface area contributed by atoms with E-state index in [1.165, 1.54) is 25.6 Å². The first kappa shape index (κ1) is 36.3. The molecule has 0 saturated carbocycles. The second-order valence-corrected chi connectivity index (χ2v) is 12.1. The van der Waals surface area contributed by atoms with Crippen molar-refractivity contribution in [3.8, 4) is 0 Å². The molecule has 44 heavy (non-hydrogen) atoms. The highest BCUT2D eigenvalue weighted by atomic mass is 32.2. The van der Waals surface area contributed by atoms with Gasteiger partial charge in [0, 0.05) is 13.3 Å². The van der Waals surface area contributed by atoms with E-state index in [0.717, 1.165) is 16.3 Å². The molecular formula is C32H44N4O7S. The number of fused-ring (bicyclic) bond motifs is 1. The van der Waals surface area contributed by atoms with Crippen LogP contribution in [0.1, 0.15) is 58.9 Å². The molecule has 2 aromatic carbocycles. The molecule has 4 atom stereocenters. The zero-order valence-corrected chi connectivity index (χ0v) is 26.8. The van der Waals surface area contributed by atoms with E-state index in [1.54, 1.807) is 13.8 Å². The Kier molecular flexibility index (Phi) is 14.8. The van der Waals surface area contributed by atoms with Crippen LogP contribution in [0.3, 0.4) is 0 Å². The Morgan fingerprint density at radius 2 is 1.50 bits per heavy atom. The molecule has 0 aliphatic carbocycles. The standard InChI is InChI=1S/C32H44N4O7S/c1-19(2)29(36-30(41)20(3)33-31(42)25(16-17-44-5)34-21(4)37)32(43)35-26(18-28(39)40)27(38)15-9-13-23-12-8-11-22-10-6-7-14-24(22)23/h6-8,10-12,14,19-20,25-26,29H,9,13,15-18H2,1-5H3,(H,33,42)(H,34,37)(H,35,43)(H,36,41)(H,39,40)/t20-,25-,26-,29-/m0/s1. The molecule has 5 N–H and O–H groups in total. The molecule has 0 bridgehead atoms. The summed E-state index contributed by atoms with van der Waals surface area (Å²) in [5, 5.41) is 21.9. The maximum atomic E-state index is 13.2. The summed E-state index contributed by atoms with van der Waals surface area (Å²) in [5.74, 6) is -3.70. The maximum absolute atomic E-state index is 13.2. The number of carboxylic acid groups (broad SMARTS) is 1. The van der Waals surface area contributed by atoms with Crippen molar-refractivity contribution in [3.63, 3.8) is 0 Å². The number of thioether (sulfide) groups is 1. The fourth-order valence-corrected chi connectivity index (χ4v) is 5.23. The summed E-state index contributed by atoms with van der Waals surface area (Å²) in [5.41, 5.74) is 1.08. The van der Waals surface area contributed by atoms with E-state index in [2.05, 4.69) is 21.3 Å². The Bertz CT molecular complexity index is 1330. The SMILES string of the molecule is CSCC[C@H](NC(C)=O)C(=O)N[C@@H](C)C(=O)N[C@H](C(=O)N[C@@H](CC(=O)O)C(=O)CCCc1cccc2ccccc12)C(C)C. The molecule has 0 heterocycles. The first-order valence-electron chi connectivity index (χ1n) is 14.7. The topological polar surface area (TPSA) is 171 Å². The lowest BCUT2D eigenvalue weighted by Gasteiger charge is -2.26. The molecule has 0 radical (unpaired) electrons. The Hall–Kier alpha value is -3.93. The van der Waals surface area contributed by atoms with Crippen LogP contribution in [-0.2, 0) is 35.2 Å². The van der Waals surface area contributed by atoms with Crippen molar-refractivity contribution in [3.05, 3.63) is 48.0 Å². The van der Waals surface area contributed by atoms with E-state index in [9.17, 15) is 33.9 Å². The number of carbonyl (C=O) groups excluding carboxylic acids is 5. The molecule has 0 aliphatic heterocycles. The number of rotatable bonds is 18. The number of amides is 4. The smallest absolute Gasteiger partial charge is 0.305 e. The van der Waals surface area contributed by atoms with Gasteiger partial charge in [0.05, 0.1) is 12.5 Å². The summed E-state index contributed by atoms with van der Waals surface area (Å²) >= 11 is 1.51. The lowest BCUT2D eigenvalue weighted by molar-refractivity contribution is -0.141. The van der Waals surface area contributed by atoms with Crippen molar-refractivity contribution in [2.75, 3.05) is 12.0 Å². The van der Waals surface area contributed by atoms with Gasteiger partial charge in [-0.15, -0.1) is 0 Å². The first-order valence-corrected chi connectivity index (χ1v) is 16.1. The fourth-order valence-electron chi connectivity index (χ4n) is 4.76. The quantitative estimate of drug-likeness (QED) is 0.168. The zero-order valence-electron chi connectivity index (χ0n) is 26.0. The van der Waals surface area contributed by atoms with Crippen LogP contribution >= 0.6 is 11.8 Å². The predicted octanol–water partition coefficient (Wildman–Crippen LogP) is 2.59. The maximum Gasteiger partial charge on any atom is 0.305 e. The van der Waals surface area contributed by atoms with Crippen molar-refractivity contribution in [1.29, 1.82) is 0 Å². The summed E-state index contributed by atoms with van der Waals surface area (Å²) in [6.07, 6.45) is 2.79. The van der Waals surface area contributed by atoms with Gasteiger partial charge in [-0.25, -0.2) is 0 Å². The van der Waals surface area contributed by atoms with Crippen molar-refractivity contribution >= 4 is 57.9 Å². The van der Waals surface area contributed by atoms with Crippen LogP contribution in [0, 0.1) is 5.92 Å². The van der Waals surface area contributed by atoms with Gasteiger partial charge in [-0.1, -0.05) is 56.3 Å². The predicted molar refractivity (Wildman–Crippen MR) is 171 cm³/mol. The number of aryl methyl sites for hydroxylation is 1. The summed E-state index contributed by atoms with van der Waals surface area (Å²) in [6.45, 7) is 6.14. The molecule has 0 aromatic heterocycles. The van der Waals surface area contributed by atoms with Crippen molar-refractivity contribution in [2.45, 2.75) is 84.0 Å². The number of nitrogens with one attached hydrogen (secondary N) is 4. The molecule has 0 saturated heterocycles. The number of benzene rings is 2. The summed E-state index contributed by atoms with van der Waals surface area (Å²) in [4.78, 5) is 75.1. The fraction of sp³-hybridized carbons (Fsp3) is 0.500. The number of carboxylic acids is 1. The number of Topliss-reactive ketones (excluding diaryl/α,β-unsaturated/α-hetero) is 1. The Morgan fingerprint density at radius 3 is 2.14 bits per heavy atom. The van der Waals surface area contributed by atoms with Gasteiger partial charge in [0.2, 0.25) is 23.6 Å². The normalized spacial score (nSPS) is 13.8. The highest BCUT2D eigenvalue weighted by molar-refractivity contribution is 7.98. The van der Waals surface area contributed by atoms with Crippen molar-refractivity contribution in [2.24, 2.45) is 5.92 Å². The van der Waals surface area contributed by atoms with Crippen LogP contribution in [-0.4, -0.2) is 76.7 Å². The highest BCUT2D eigenvalue weighted by Crippen LogP contribution is 2.20. The van der Waals surface area contributed by atoms with Crippen molar-refractivity contribution in [1.82, 2.24) is 21.3 Å². The van der Waals surface area contributed by atoms with Crippen LogP contribution in [0.15, 0.2) is 42.5 Å². The van der Waals surface area contributed by atoms with Gasteiger partial charge in [-0.3, -0.25) is 28.8 Å². The third kappa shape index (κ3) is 11.6. The highest BCUT2D eigenvalue weighted by Gasteiger charge is 2.31. The molecule has 2 aromatic rings. The first-order chi connectivity index (χ1) is 20.8. The lowest BCUT2D eigenvalue weighted by atomic mass is 9.97. The minimum absolute atomic E-state index is 0.0647. The van der Waals surface area contributed by atoms with Gasteiger partial charge in [-0.05, 0) is 60.4 Å². The van der Waals surface area contributed by atoms with Gasteiger partial charge in [0.1, 0.15) is 18.1 Å². The van der Waals surface area contributed by atoms with Crippen LogP contribution in [0.2, 0.25) is 0 Å². The van der Waals surface area contributed by atoms with Gasteiger partial charge in [0.25, 0.3) is 0 Å². The van der Waals surface area contributed by atoms with Gasteiger partial charge in [-0.2, -0.15) is 11.8 Å². The minimum Gasteiger partial charge on any atom is -0.481 e. The second-order valence-electron chi connectivity index (χ2n) is 11.1. The van der Waals surface area contributed by atoms with E-state index < -0.39 is 66.0 Å². The average Bonchev–Trinajstić information content (AvgIpc) is 2.96. The lowest BCUT2D eigenvalue weighted by Crippen LogP contribution is -2.58. The summed E-state index contributed by atoms with van der Waals surface area (Å²) in [7, 11) is 0. The van der Waals surface area contributed by atoms with Gasteiger partial charge in [0.15, 0.2) is 5.78 Å². The van der Waals surface area contributed by atoms with E-state index in [0.29, 0.717) is 25.0 Å². The number of ketones is 1. The number of carbonyl (C=O) groups is 6. The third-order valence-corrected chi connectivity index (χ3v) is 7.78. The monoisotopic (exact) mass is 628 g/mol. The molecule has 12 heteroatoms. The minimum atomic E-state index is -1.27. The molecule has 4 amide bonds. The summed E-state index contributed by atoms with van der Waals surface area (Å²) < 4.78 is 0. The third-order valence-electron chi connectivity index (χ3n) is 7.14. The number of hydrogen-bond acceptors (Lipinski definition) is 7. The molecule has 0 fully saturated rings.